The highest BCUT2D eigenvalue weighted by Gasteiger charge is 2.30. The van der Waals surface area contributed by atoms with Crippen LogP contribution in [-0.4, -0.2) is 35.6 Å². The minimum atomic E-state index is -4.48. The summed E-state index contributed by atoms with van der Waals surface area (Å²) in [6.45, 7) is 3.13. The molecule has 144 valence electrons. The molecule has 0 bridgehead atoms. The van der Waals surface area contributed by atoms with Crippen LogP contribution in [0.4, 0.5) is 23.7 Å². The predicted octanol–water partition coefficient (Wildman–Crippen LogP) is 2.44. The van der Waals surface area contributed by atoms with Gasteiger partial charge in [0.25, 0.3) is 0 Å². The molecule has 0 radical (unpaired) electrons. The Balaban J connectivity index is 2.48. The maximum Gasteiger partial charge on any atom is 0.416 e. The van der Waals surface area contributed by atoms with E-state index in [2.05, 4.69) is 16.0 Å². The Hall–Kier alpha value is -2.78. The van der Waals surface area contributed by atoms with Crippen LogP contribution >= 0.6 is 0 Å². The lowest BCUT2D eigenvalue weighted by molar-refractivity contribution is -0.142. The lowest BCUT2D eigenvalue weighted by atomic mass is 10.0. The SMILES string of the molecule is CC(C)CC(NC(=O)CNC(=O)Nc1ccc(C(F)(F)F)cc1)C(=O)O. The third-order valence-electron chi connectivity index (χ3n) is 3.22. The van der Waals surface area contributed by atoms with Crippen molar-refractivity contribution in [2.75, 3.05) is 11.9 Å². The van der Waals surface area contributed by atoms with Gasteiger partial charge in [-0.25, -0.2) is 9.59 Å². The van der Waals surface area contributed by atoms with Gasteiger partial charge in [0.1, 0.15) is 6.04 Å². The third kappa shape index (κ3) is 7.41. The minimum Gasteiger partial charge on any atom is -0.480 e. The number of benzene rings is 1. The van der Waals surface area contributed by atoms with E-state index in [0.717, 1.165) is 24.3 Å². The van der Waals surface area contributed by atoms with Gasteiger partial charge in [-0.05, 0) is 36.6 Å². The van der Waals surface area contributed by atoms with E-state index in [1.165, 1.54) is 0 Å². The molecule has 0 saturated heterocycles. The van der Waals surface area contributed by atoms with E-state index < -0.39 is 42.2 Å². The molecular formula is C16H20F3N3O4. The molecule has 0 aliphatic carbocycles. The van der Waals surface area contributed by atoms with Crippen LogP contribution in [0.15, 0.2) is 24.3 Å². The lowest BCUT2D eigenvalue weighted by Crippen LogP contribution is -2.46. The molecule has 0 aliphatic rings. The van der Waals surface area contributed by atoms with Crippen LogP contribution in [0.2, 0.25) is 0 Å². The highest BCUT2D eigenvalue weighted by Crippen LogP contribution is 2.29. The zero-order chi connectivity index (χ0) is 19.9. The van der Waals surface area contributed by atoms with Crippen molar-refractivity contribution in [3.8, 4) is 0 Å². The molecule has 0 saturated carbocycles. The number of carboxylic acids is 1. The van der Waals surface area contributed by atoms with E-state index in [4.69, 9.17) is 5.11 Å². The van der Waals surface area contributed by atoms with Crippen LogP contribution in [0.1, 0.15) is 25.8 Å². The summed E-state index contributed by atoms with van der Waals surface area (Å²) in [4.78, 5) is 34.4. The van der Waals surface area contributed by atoms with E-state index in [0.29, 0.717) is 0 Å². The molecule has 0 aliphatic heterocycles. The molecule has 1 atom stereocenters. The van der Waals surface area contributed by atoms with Crippen molar-refractivity contribution in [1.29, 1.82) is 0 Å². The van der Waals surface area contributed by atoms with E-state index >= 15 is 0 Å². The predicted molar refractivity (Wildman–Crippen MR) is 87.5 cm³/mol. The van der Waals surface area contributed by atoms with Crippen LogP contribution in [0.5, 0.6) is 0 Å². The number of hydrogen-bond acceptors (Lipinski definition) is 3. The van der Waals surface area contributed by atoms with Gasteiger partial charge in [0, 0.05) is 5.69 Å². The average Bonchev–Trinajstić information content (AvgIpc) is 2.51. The number of urea groups is 1. The number of carboxylic acid groups (broad SMARTS) is 1. The van der Waals surface area contributed by atoms with Crippen molar-refractivity contribution < 1.29 is 32.7 Å². The van der Waals surface area contributed by atoms with Gasteiger partial charge in [0.15, 0.2) is 0 Å². The summed E-state index contributed by atoms with van der Waals surface area (Å²) in [6.07, 6.45) is -4.24. The topological polar surface area (TPSA) is 108 Å². The Morgan fingerprint density at radius 1 is 1.12 bits per heavy atom. The van der Waals surface area contributed by atoms with Gasteiger partial charge in [0.05, 0.1) is 12.1 Å². The zero-order valence-electron chi connectivity index (χ0n) is 14.2. The standard InChI is InChI=1S/C16H20F3N3O4/c1-9(2)7-12(14(24)25)22-13(23)8-20-15(26)21-11-5-3-10(4-6-11)16(17,18)19/h3-6,9,12H,7-8H2,1-2H3,(H,22,23)(H,24,25)(H2,20,21,26). The zero-order valence-corrected chi connectivity index (χ0v) is 14.2. The third-order valence-corrected chi connectivity index (χ3v) is 3.22. The van der Waals surface area contributed by atoms with Crippen molar-refractivity contribution in [2.45, 2.75) is 32.5 Å². The second-order valence-electron chi connectivity index (χ2n) is 5.97. The molecule has 3 amide bonds. The maximum atomic E-state index is 12.4. The van der Waals surface area contributed by atoms with Crippen LogP contribution in [-0.2, 0) is 15.8 Å². The molecule has 0 fully saturated rings. The first-order valence-electron chi connectivity index (χ1n) is 7.73. The second-order valence-corrected chi connectivity index (χ2v) is 5.97. The Labute approximate surface area is 148 Å². The van der Waals surface area contributed by atoms with Crippen molar-refractivity contribution in [1.82, 2.24) is 10.6 Å². The van der Waals surface area contributed by atoms with Crippen molar-refractivity contribution >= 4 is 23.6 Å². The summed E-state index contributed by atoms with van der Waals surface area (Å²) < 4.78 is 37.3. The summed E-state index contributed by atoms with van der Waals surface area (Å²) in [6, 6.07) is 1.90. The van der Waals surface area contributed by atoms with Crippen molar-refractivity contribution in [2.24, 2.45) is 5.92 Å². The molecule has 26 heavy (non-hydrogen) atoms. The number of amides is 3. The van der Waals surface area contributed by atoms with Gasteiger partial charge in [-0.2, -0.15) is 13.2 Å². The summed E-state index contributed by atoms with van der Waals surface area (Å²) >= 11 is 0. The van der Waals surface area contributed by atoms with E-state index in [1.54, 1.807) is 13.8 Å². The second kappa shape index (κ2) is 9.07. The smallest absolute Gasteiger partial charge is 0.416 e. The molecule has 1 unspecified atom stereocenters. The number of rotatable bonds is 7. The first-order chi connectivity index (χ1) is 12.0. The summed E-state index contributed by atoms with van der Waals surface area (Å²) in [5.41, 5.74) is -0.744. The molecule has 4 N–H and O–H groups in total. The molecule has 1 aromatic carbocycles. The van der Waals surface area contributed by atoms with E-state index in [9.17, 15) is 27.6 Å². The number of nitrogens with one attached hydrogen (secondary N) is 3. The van der Waals surface area contributed by atoms with Gasteiger partial charge in [-0.15, -0.1) is 0 Å². The molecular weight excluding hydrogens is 355 g/mol. The minimum absolute atomic E-state index is 0.0485. The fraction of sp³-hybridized carbons (Fsp3) is 0.438. The quantitative estimate of drug-likeness (QED) is 0.587. The van der Waals surface area contributed by atoms with Crippen LogP contribution < -0.4 is 16.0 Å². The van der Waals surface area contributed by atoms with E-state index in [1.807, 2.05) is 0 Å². The van der Waals surface area contributed by atoms with Crippen LogP contribution in [0.25, 0.3) is 0 Å². The summed E-state index contributed by atoms with van der Waals surface area (Å²) in [5.74, 6) is -1.82. The lowest BCUT2D eigenvalue weighted by Gasteiger charge is -2.16. The Kier molecular flexibility index (Phi) is 7.41. The first kappa shape index (κ1) is 21.3. The fourth-order valence-corrected chi connectivity index (χ4v) is 2.02. The molecule has 0 heterocycles. The van der Waals surface area contributed by atoms with Crippen LogP contribution in [0, 0.1) is 5.92 Å². The molecule has 0 spiro atoms. The van der Waals surface area contributed by atoms with Gasteiger partial charge < -0.3 is 21.1 Å². The molecule has 1 aromatic rings. The summed E-state index contributed by atoms with van der Waals surface area (Å²) in [7, 11) is 0. The van der Waals surface area contributed by atoms with Crippen LogP contribution in [0.3, 0.4) is 0 Å². The number of aliphatic carboxylic acids is 1. The molecule has 7 nitrogen and oxygen atoms in total. The van der Waals surface area contributed by atoms with Crippen molar-refractivity contribution in [3.05, 3.63) is 29.8 Å². The van der Waals surface area contributed by atoms with Gasteiger partial charge in [-0.3, -0.25) is 4.79 Å². The maximum absolute atomic E-state index is 12.4. The van der Waals surface area contributed by atoms with Crippen molar-refractivity contribution in [3.63, 3.8) is 0 Å². The monoisotopic (exact) mass is 375 g/mol. The number of alkyl halides is 3. The number of anilines is 1. The number of halogens is 3. The number of carbonyl (C=O) groups is 3. The molecule has 0 aromatic heterocycles. The average molecular weight is 375 g/mol. The fourth-order valence-electron chi connectivity index (χ4n) is 2.02. The highest BCUT2D eigenvalue weighted by molar-refractivity contribution is 5.93. The number of hydrogen-bond donors (Lipinski definition) is 4. The van der Waals surface area contributed by atoms with Gasteiger partial charge in [-0.1, -0.05) is 13.8 Å². The normalized spacial score (nSPS) is 12.4. The number of carbonyl (C=O) groups excluding carboxylic acids is 2. The first-order valence-corrected chi connectivity index (χ1v) is 7.73. The Morgan fingerprint density at radius 2 is 1.69 bits per heavy atom. The molecule has 1 rings (SSSR count). The highest BCUT2D eigenvalue weighted by atomic mass is 19.4. The largest absolute Gasteiger partial charge is 0.480 e. The Morgan fingerprint density at radius 3 is 2.15 bits per heavy atom. The molecule has 10 heteroatoms. The van der Waals surface area contributed by atoms with Gasteiger partial charge >= 0.3 is 18.2 Å². The summed E-state index contributed by atoms with van der Waals surface area (Å²) in [5, 5.41) is 15.8. The van der Waals surface area contributed by atoms with Gasteiger partial charge in [0.2, 0.25) is 5.91 Å². The Bertz CT molecular complexity index is 645. The van der Waals surface area contributed by atoms with E-state index in [-0.39, 0.29) is 18.0 Å².